The zero-order chi connectivity index (χ0) is 17.4. The highest BCUT2D eigenvalue weighted by Gasteiger charge is 2.41. The van der Waals surface area contributed by atoms with Crippen LogP contribution in [0.2, 0.25) is 0 Å². The molecule has 2 fully saturated rings. The van der Waals surface area contributed by atoms with Gasteiger partial charge in [-0.1, -0.05) is 17.3 Å². The molecule has 0 radical (unpaired) electrons. The summed E-state index contributed by atoms with van der Waals surface area (Å²) in [6, 6.07) is 7.74. The van der Waals surface area contributed by atoms with Crippen LogP contribution in [0.4, 0.5) is 0 Å². The van der Waals surface area contributed by atoms with Crippen molar-refractivity contribution in [1.29, 1.82) is 0 Å². The molecule has 0 spiro atoms. The number of halogens is 1. The van der Waals surface area contributed by atoms with Crippen LogP contribution in [0.1, 0.15) is 48.9 Å². The Kier molecular flexibility index (Phi) is 5.20. The fraction of sp³-hybridized carbons (Fsp3) is 0.500. The van der Waals surface area contributed by atoms with Gasteiger partial charge in [0, 0.05) is 19.5 Å². The highest BCUT2D eigenvalue weighted by Crippen LogP contribution is 2.38. The third-order valence-corrected chi connectivity index (χ3v) is 5.23. The summed E-state index contributed by atoms with van der Waals surface area (Å²) in [7, 11) is 1.64. The van der Waals surface area contributed by atoms with Gasteiger partial charge in [-0.3, -0.25) is 4.79 Å². The van der Waals surface area contributed by atoms with Gasteiger partial charge in [-0.05, 0) is 37.0 Å². The van der Waals surface area contributed by atoms with Crippen LogP contribution in [-0.4, -0.2) is 34.6 Å². The minimum Gasteiger partial charge on any atom is -0.497 e. The van der Waals surface area contributed by atoms with E-state index < -0.39 is 5.54 Å². The summed E-state index contributed by atoms with van der Waals surface area (Å²) in [6.07, 6.45) is 3.27. The van der Waals surface area contributed by atoms with E-state index in [0.717, 1.165) is 30.6 Å². The van der Waals surface area contributed by atoms with E-state index in [1.165, 1.54) is 0 Å². The molecule has 26 heavy (non-hydrogen) atoms. The first-order chi connectivity index (χ1) is 12.1. The van der Waals surface area contributed by atoms with Gasteiger partial charge in [-0.25, -0.2) is 0 Å². The first kappa shape index (κ1) is 18.7. The zero-order valence-electron chi connectivity index (χ0n) is 14.7. The maximum Gasteiger partial charge on any atom is 0.232 e. The Bertz CT molecular complexity index is 773. The van der Waals surface area contributed by atoms with E-state index in [1.807, 2.05) is 29.2 Å². The van der Waals surface area contributed by atoms with Crippen molar-refractivity contribution in [3.8, 4) is 5.75 Å². The molecule has 1 atom stereocenters. The van der Waals surface area contributed by atoms with E-state index in [2.05, 4.69) is 10.1 Å². The molecule has 1 amide bonds. The number of hydrogen-bond donors (Lipinski definition) is 1. The highest BCUT2D eigenvalue weighted by molar-refractivity contribution is 5.85. The molecule has 4 rings (SSSR count). The molecule has 1 aliphatic carbocycles. The minimum absolute atomic E-state index is 0. The number of carbonyl (C=O) groups excluding carboxylic acids is 1. The van der Waals surface area contributed by atoms with Gasteiger partial charge in [0.2, 0.25) is 11.8 Å². The number of hydrogen-bond acceptors (Lipinski definition) is 6. The number of methoxy groups -OCH3 is 1. The fourth-order valence-electron chi connectivity index (χ4n) is 3.43. The molecule has 1 aromatic heterocycles. The first-order valence-electron chi connectivity index (χ1n) is 8.61. The Hall–Kier alpha value is -2.12. The van der Waals surface area contributed by atoms with Crippen LogP contribution in [0.25, 0.3) is 0 Å². The van der Waals surface area contributed by atoms with Crippen LogP contribution in [0.15, 0.2) is 28.8 Å². The number of ether oxygens (including phenoxy) is 1. The summed E-state index contributed by atoms with van der Waals surface area (Å²) in [5, 5.41) is 4.05. The third kappa shape index (κ3) is 3.41. The third-order valence-electron chi connectivity index (χ3n) is 5.23. The summed E-state index contributed by atoms with van der Waals surface area (Å²) in [5.74, 6) is 1.95. The molecule has 8 heteroatoms. The van der Waals surface area contributed by atoms with Gasteiger partial charge in [-0.2, -0.15) is 4.98 Å². The van der Waals surface area contributed by atoms with Gasteiger partial charge in [-0.15, -0.1) is 12.4 Å². The number of aromatic nitrogens is 2. The van der Waals surface area contributed by atoms with E-state index >= 15 is 0 Å². The lowest BCUT2D eigenvalue weighted by Gasteiger charge is -2.34. The molecule has 140 valence electrons. The Morgan fingerprint density at radius 2 is 2.08 bits per heavy atom. The van der Waals surface area contributed by atoms with Gasteiger partial charge in [0.15, 0.2) is 5.82 Å². The summed E-state index contributed by atoms with van der Waals surface area (Å²) in [6.45, 7) is 1.16. The van der Waals surface area contributed by atoms with E-state index in [-0.39, 0.29) is 24.2 Å². The van der Waals surface area contributed by atoms with Crippen LogP contribution in [0, 0.1) is 0 Å². The lowest BCUT2D eigenvalue weighted by molar-refractivity contribution is -0.128. The second kappa shape index (κ2) is 7.25. The SMILES string of the molecule is COc1ccc(CN2CC(c3nc(C4(N)CCC4)no3)CC2=O)cc1.Cl. The monoisotopic (exact) mass is 378 g/mol. The maximum absolute atomic E-state index is 12.3. The van der Waals surface area contributed by atoms with Gasteiger partial charge in [0.1, 0.15) is 5.75 Å². The van der Waals surface area contributed by atoms with Gasteiger partial charge in [0.05, 0.1) is 18.6 Å². The van der Waals surface area contributed by atoms with Crippen molar-refractivity contribution in [2.75, 3.05) is 13.7 Å². The summed E-state index contributed by atoms with van der Waals surface area (Å²) in [5.41, 5.74) is 6.87. The quantitative estimate of drug-likeness (QED) is 0.858. The molecular weight excluding hydrogens is 356 g/mol. The smallest absolute Gasteiger partial charge is 0.232 e. The highest BCUT2D eigenvalue weighted by atomic mass is 35.5. The molecule has 2 aliphatic rings. The molecular formula is C18H23ClN4O3. The largest absolute Gasteiger partial charge is 0.497 e. The average molecular weight is 379 g/mol. The van der Waals surface area contributed by atoms with Crippen LogP contribution in [0.5, 0.6) is 5.75 Å². The Morgan fingerprint density at radius 3 is 2.69 bits per heavy atom. The molecule has 2 heterocycles. The molecule has 0 bridgehead atoms. The predicted octanol–water partition coefficient (Wildman–Crippen LogP) is 2.35. The van der Waals surface area contributed by atoms with Gasteiger partial charge in [0.25, 0.3) is 0 Å². The Balaban J connectivity index is 0.00000196. The van der Waals surface area contributed by atoms with Crippen molar-refractivity contribution in [2.24, 2.45) is 5.73 Å². The Morgan fingerprint density at radius 1 is 1.35 bits per heavy atom. The fourth-order valence-corrected chi connectivity index (χ4v) is 3.43. The summed E-state index contributed by atoms with van der Waals surface area (Å²) >= 11 is 0. The van der Waals surface area contributed by atoms with Crippen molar-refractivity contribution in [2.45, 2.75) is 43.7 Å². The lowest BCUT2D eigenvalue weighted by atomic mass is 9.77. The van der Waals surface area contributed by atoms with E-state index in [0.29, 0.717) is 31.2 Å². The van der Waals surface area contributed by atoms with E-state index in [9.17, 15) is 4.79 Å². The van der Waals surface area contributed by atoms with Gasteiger partial charge < -0.3 is 19.9 Å². The van der Waals surface area contributed by atoms with Gasteiger partial charge >= 0.3 is 0 Å². The molecule has 2 aromatic rings. The second-order valence-electron chi connectivity index (χ2n) is 6.99. The van der Waals surface area contributed by atoms with Crippen LogP contribution >= 0.6 is 12.4 Å². The number of carbonyl (C=O) groups is 1. The topological polar surface area (TPSA) is 94.5 Å². The number of rotatable bonds is 5. The number of likely N-dealkylation sites (tertiary alicyclic amines) is 1. The van der Waals surface area contributed by atoms with Crippen molar-refractivity contribution < 1.29 is 14.1 Å². The minimum atomic E-state index is -0.437. The molecule has 7 nitrogen and oxygen atoms in total. The number of amides is 1. The van der Waals surface area contributed by atoms with Crippen molar-refractivity contribution in [3.63, 3.8) is 0 Å². The van der Waals surface area contributed by atoms with Crippen LogP contribution < -0.4 is 10.5 Å². The van der Waals surface area contributed by atoms with Crippen molar-refractivity contribution >= 4 is 18.3 Å². The zero-order valence-corrected chi connectivity index (χ0v) is 15.5. The average Bonchev–Trinajstić information content (AvgIpc) is 3.21. The van der Waals surface area contributed by atoms with E-state index in [4.69, 9.17) is 15.0 Å². The number of nitrogens with two attached hydrogens (primary N) is 1. The van der Waals surface area contributed by atoms with Crippen LogP contribution in [0.3, 0.4) is 0 Å². The van der Waals surface area contributed by atoms with Crippen molar-refractivity contribution in [3.05, 3.63) is 41.5 Å². The molecule has 1 saturated carbocycles. The normalized spacial score (nSPS) is 21.2. The number of nitrogens with zero attached hydrogens (tertiary/aromatic N) is 3. The predicted molar refractivity (Wildman–Crippen MR) is 97.0 cm³/mol. The summed E-state index contributed by atoms with van der Waals surface area (Å²) in [4.78, 5) is 18.7. The lowest BCUT2D eigenvalue weighted by Crippen LogP contribution is -2.44. The van der Waals surface area contributed by atoms with Crippen LogP contribution in [-0.2, 0) is 16.9 Å². The Labute approximate surface area is 158 Å². The van der Waals surface area contributed by atoms with E-state index in [1.54, 1.807) is 7.11 Å². The maximum atomic E-state index is 12.3. The number of benzene rings is 1. The molecule has 1 aromatic carbocycles. The van der Waals surface area contributed by atoms with Crippen molar-refractivity contribution in [1.82, 2.24) is 15.0 Å². The summed E-state index contributed by atoms with van der Waals surface area (Å²) < 4.78 is 10.6. The molecule has 2 N–H and O–H groups in total. The standard InChI is InChI=1S/C18H22N4O3.ClH/c1-24-14-5-3-12(4-6-14)10-22-11-13(9-15(22)23)16-20-17(21-25-16)18(19)7-2-8-18;/h3-6,13H,2,7-11,19H2,1H3;1H. The first-order valence-corrected chi connectivity index (χ1v) is 8.61. The molecule has 1 saturated heterocycles. The second-order valence-corrected chi connectivity index (χ2v) is 6.99. The molecule has 1 aliphatic heterocycles. The molecule has 1 unspecified atom stereocenters.